The molecule has 2 rings (SSSR count). The summed E-state index contributed by atoms with van der Waals surface area (Å²) < 4.78 is 5.76. The van der Waals surface area contributed by atoms with E-state index in [0.29, 0.717) is 6.04 Å². The highest BCUT2D eigenvalue weighted by molar-refractivity contribution is 7.99. The molecular weight excluding hydrogens is 230 g/mol. The average molecular weight is 251 g/mol. The zero-order valence-electron chi connectivity index (χ0n) is 10.8. The van der Waals surface area contributed by atoms with Crippen LogP contribution in [-0.2, 0) is 0 Å². The molecule has 1 fully saturated rings. The van der Waals surface area contributed by atoms with Crippen LogP contribution in [0.3, 0.4) is 0 Å². The minimum Gasteiger partial charge on any atom is -0.491 e. The van der Waals surface area contributed by atoms with Gasteiger partial charge in [-0.25, -0.2) is 0 Å². The van der Waals surface area contributed by atoms with Gasteiger partial charge >= 0.3 is 0 Å². The fourth-order valence-electron chi connectivity index (χ4n) is 2.06. The molecule has 0 bridgehead atoms. The van der Waals surface area contributed by atoms with E-state index >= 15 is 0 Å². The molecule has 1 N–H and O–H groups in total. The Hall–Kier alpha value is -0.670. The number of benzene rings is 1. The molecule has 1 atom stereocenters. The maximum atomic E-state index is 5.76. The fourth-order valence-corrected chi connectivity index (χ4v) is 3.03. The van der Waals surface area contributed by atoms with E-state index in [9.17, 15) is 0 Å². The molecule has 0 amide bonds. The van der Waals surface area contributed by atoms with Crippen LogP contribution in [0, 0.1) is 6.92 Å². The molecule has 1 aliphatic heterocycles. The summed E-state index contributed by atoms with van der Waals surface area (Å²) in [5, 5.41) is 3.56. The van der Waals surface area contributed by atoms with Gasteiger partial charge in [-0.2, -0.15) is 11.8 Å². The zero-order chi connectivity index (χ0) is 12.3. The van der Waals surface area contributed by atoms with Crippen molar-refractivity contribution in [3.8, 4) is 5.75 Å². The summed E-state index contributed by atoms with van der Waals surface area (Å²) in [6, 6.07) is 7.04. The minimum absolute atomic E-state index is 0.239. The Balaban J connectivity index is 2.12. The minimum atomic E-state index is 0.239. The van der Waals surface area contributed by atoms with Gasteiger partial charge in [0.25, 0.3) is 0 Å². The van der Waals surface area contributed by atoms with Crippen LogP contribution in [0.2, 0.25) is 0 Å². The lowest BCUT2D eigenvalue weighted by molar-refractivity contribution is 0.240. The number of nitrogens with one attached hydrogen (secondary N) is 1. The topological polar surface area (TPSA) is 21.3 Å². The van der Waals surface area contributed by atoms with E-state index in [4.69, 9.17) is 4.74 Å². The highest BCUT2D eigenvalue weighted by Crippen LogP contribution is 2.27. The summed E-state index contributed by atoms with van der Waals surface area (Å²) in [6.07, 6.45) is 0.239. The quantitative estimate of drug-likeness (QED) is 0.891. The molecule has 1 aromatic rings. The third-order valence-electron chi connectivity index (χ3n) is 2.89. The van der Waals surface area contributed by atoms with Crippen LogP contribution in [0.1, 0.15) is 31.0 Å². The van der Waals surface area contributed by atoms with Crippen LogP contribution >= 0.6 is 11.8 Å². The molecule has 94 valence electrons. The summed E-state index contributed by atoms with van der Waals surface area (Å²) >= 11 is 2.02. The van der Waals surface area contributed by atoms with Crippen molar-refractivity contribution in [1.82, 2.24) is 5.32 Å². The Kier molecular flexibility index (Phi) is 4.35. The second kappa shape index (κ2) is 5.78. The predicted molar refractivity (Wildman–Crippen MR) is 75.0 cm³/mol. The number of thioether (sulfide) groups is 1. The summed E-state index contributed by atoms with van der Waals surface area (Å²) in [6.45, 7) is 7.36. The molecule has 0 aromatic heterocycles. The second-order valence-corrected chi connectivity index (χ2v) is 5.92. The highest BCUT2D eigenvalue weighted by atomic mass is 32.2. The van der Waals surface area contributed by atoms with Gasteiger partial charge in [0.05, 0.1) is 6.10 Å². The molecular formula is C14H21NOS. The van der Waals surface area contributed by atoms with Crippen LogP contribution in [0.5, 0.6) is 5.75 Å². The highest BCUT2D eigenvalue weighted by Gasteiger charge is 2.15. The first-order valence-electron chi connectivity index (χ1n) is 6.25. The van der Waals surface area contributed by atoms with Crippen LogP contribution in [0.25, 0.3) is 0 Å². The normalized spacial score (nSPS) is 20.6. The van der Waals surface area contributed by atoms with Crippen molar-refractivity contribution in [1.29, 1.82) is 0 Å². The smallest absolute Gasteiger partial charge is 0.122 e. The number of ether oxygens (including phenoxy) is 1. The lowest BCUT2D eigenvalue weighted by atomic mass is 10.0. The van der Waals surface area contributed by atoms with Crippen molar-refractivity contribution in [3.05, 3.63) is 29.3 Å². The molecule has 0 aliphatic carbocycles. The van der Waals surface area contributed by atoms with Crippen molar-refractivity contribution in [2.24, 2.45) is 0 Å². The van der Waals surface area contributed by atoms with E-state index in [-0.39, 0.29) is 6.10 Å². The SMILES string of the molecule is Cc1cc(C2CSCCN2)ccc1OC(C)C. The van der Waals surface area contributed by atoms with Gasteiger partial charge in [-0.15, -0.1) is 0 Å². The third kappa shape index (κ3) is 3.39. The summed E-state index contributed by atoms with van der Waals surface area (Å²) in [5.74, 6) is 3.40. The van der Waals surface area contributed by atoms with Crippen LogP contribution in [0.15, 0.2) is 18.2 Å². The lowest BCUT2D eigenvalue weighted by Crippen LogP contribution is -2.30. The molecule has 1 saturated heterocycles. The molecule has 0 spiro atoms. The largest absolute Gasteiger partial charge is 0.491 e. The molecule has 0 saturated carbocycles. The second-order valence-electron chi connectivity index (χ2n) is 4.77. The summed E-state index contributed by atoms with van der Waals surface area (Å²) in [7, 11) is 0. The van der Waals surface area contributed by atoms with E-state index in [1.165, 1.54) is 22.6 Å². The molecule has 2 nitrogen and oxygen atoms in total. The predicted octanol–water partition coefficient (Wildman–Crippen LogP) is 3.16. The standard InChI is InChI=1S/C14H21NOS/c1-10(2)16-14-5-4-12(8-11(14)3)13-9-17-7-6-15-13/h4-5,8,10,13,15H,6-7,9H2,1-3H3. The Labute approximate surface area is 108 Å². The van der Waals surface area contributed by atoms with Crippen molar-refractivity contribution in [3.63, 3.8) is 0 Å². The first-order valence-corrected chi connectivity index (χ1v) is 7.40. The first kappa shape index (κ1) is 12.8. The Bertz CT molecular complexity index is 372. The monoisotopic (exact) mass is 251 g/mol. The average Bonchev–Trinajstić information content (AvgIpc) is 2.32. The maximum absolute atomic E-state index is 5.76. The van der Waals surface area contributed by atoms with E-state index in [1.54, 1.807) is 0 Å². The van der Waals surface area contributed by atoms with Crippen molar-refractivity contribution in [2.75, 3.05) is 18.1 Å². The Morgan fingerprint density at radius 3 is 2.82 bits per heavy atom. The van der Waals surface area contributed by atoms with Crippen molar-refractivity contribution < 1.29 is 4.74 Å². The van der Waals surface area contributed by atoms with Gasteiger partial charge in [0.2, 0.25) is 0 Å². The van der Waals surface area contributed by atoms with Crippen LogP contribution in [-0.4, -0.2) is 24.2 Å². The molecule has 1 unspecified atom stereocenters. The molecule has 1 heterocycles. The van der Waals surface area contributed by atoms with E-state index in [1.807, 2.05) is 11.8 Å². The molecule has 1 aromatic carbocycles. The van der Waals surface area contributed by atoms with Crippen LogP contribution < -0.4 is 10.1 Å². The summed E-state index contributed by atoms with van der Waals surface area (Å²) in [4.78, 5) is 0. The molecule has 17 heavy (non-hydrogen) atoms. The van der Waals surface area contributed by atoms with Gasteiger partial charge in [0.15, 0.2) is 0 Å². The van der Waals surface area contributed by atoms with Gasteiger partial charge in [-0.3, -0.25) is 0 Å². The molecule has 0 radical (unpaired) electrons. The molecule has 1 aliphatic rings. The van der Waals surface area contributed by atoms with E-state index < -0.39 is 0 Å². The zero-order valence-corrected chi connectivity index (χ0v) is 11.6. The van der Waals surface area contributed by atoms with E-state index in [2.05, 4.69) is 44.3 Å². The summed E-state index contributed by atoms with van der Waals surface area (Å²) in [5.41, 5.74) is 2.61. The van der Waals surface area contributed by atoms with Gasteiger partial charge in [-0.1, -0.05) is 12.1 Å². The maximum Gasteiger partial charge on any atom is 0.122 e. The number of hydrogen-bond acceptors (Lipinski definition) is 3. The Morgan fingerprint density at radius 1 is 1.41 bits per heavy atom. The van der Waals surface area contributed by atoms with Gasteiger partial charge in [-0.05, 0) is 38.0 Å². The number of hydrogen-bond donors (Lipinski definition) is 1. The van der Waals surface area contributed by atoms with Crippen LogP contribution in [0.4, 0.5) is 0 Å². The van der Waals surface area contributed by atoms with Crippen molar-refractivity contribution >= 4 is 11.8 Å². The number of aryl methyl sites for hydroxylation is 1. The van der Waals surface area contributed by atoms with Gasteiger partial charge < -0.3 is 10.1 Å². The third-order valence-corrected chi connectivity index (χ3v) is 3.95. The first-order chi connectivity index (χ1) is 8.16. The van der Waals surface area contributed by atoms with Gasteiger partial charge in [0.1, 0.15) is 5.75 Å². The van der Waals surface area contributed by atoms with Gasteiger partial charge in [0, 0.05) is 24.1 Å². The van der Waals surface area contributed by atoms with Crippen molar-refractivity contribution in [2.45, 2.75) is 32.9 Å². The fraction of sp³-hybridized carbons (Fsp3) is 0.571. The molecule has 3 heteroatoms. The Morgan fingerprint density at radius 2 is 2.24 bits per heavy atom. The van der Waals surface area contributed by atoms with E-state index in [0.717, 1.165) is 12.3 Å². The number of rotatable bonds is 3. The lowest BCUT2D eigenvalue weighted by Gasteiger charge is -2.24.